The van der Waals surface area contributed by atoms with E-state index in [2.05, 4.69) is 15.4 Å². The maximum atomic E-state index is 13.1. The fraction of sp³-hybridized carbons (Fsp3) is 0.391. The molecule has 11 heteroatoms. The van der Waals surface area contributed by atoms with E-state index < -0.39 is 12.0 Å². The molecule has 0 unspecified atom stereocenters. The van der Waals surface area contributed by atoms with Gasteiger partial charge in [-0.3, -0.25) is 14.7 Å². The van der Waals surface area contributed by atoms with Crippen LogP contribution in [0.15, 0.2) is 35.4 Å². The highest BCUT2D eigenvalue weighted by Crippen LogP contribution is 2.31. The minimum atomic E-state index is -0.410. The van der Waals surface area contributed by atoms with Crippen LogP contribution in [0.5, 0.6) is 5.75 Å². The number of hydrogen-bond acceptors (Lipinski definition) is 8. The van der Waals surface area contributed by atoms with E-state index in [1.165, 1.54) is 12.1 Å². The van der Waals surface area contributed by atoms with Gasteiger partial charge in [0.05, 0.1) is 18.8 Å². The number of amidine groups is 1. The van der Waals surface area contributed by atoms with Crippen molar-refractivity contribution in [2.75, 3.05) is 12.4 Å². The Kier molecular flexibility index (Phi) is 7.57. The molecule has 0 saturated heterocycles. The van der Waals surface area contributed by atoms with E-state index in [1.807, 2.05) is 13.8 Å². The molecule has 2 amide bonds. The number of nitrogens with one attached hydrogen (secondary N) is 1. The average molecular weight is 470 g/mol. The van der Waals surface area contributed by atoms with Crippen molar-refractivity contribution in [3.05, 3.63) is 52.7 Å². The van der Waals surface area contributed by atoms with E-state index in [4.69, 9.17) is 21.2 Å². The van der Waals surface area contributed by atoms with Gasteiger partial charge in [-0.2, -0.15) is 5.10 Å². The number of nitrogens with zero attached hydrogens (tertiary/aromatic N) is 4. The number of methoxy groups -OCH3 is 1. The van der Waals surface area contributed by atoms with Crippen molar-refractivity contribution in [2.45, 2.75) is 52.9 Å². The lowest BCUT2D eigenvalue weighted by molar-refractivity contribution is 0.0760. The van der Waals surface area contributed by atoms with Crippen LogP contribution in [0.4, 0.5) is 10.6 Å². The van der Waals surface area contributed by atoms with E-state index in [9.17, 15) is 9.59 Å². The Morgan fingerprint density at radius 3 is 2.44 bits per heavy atom. The Balaban J connectivity index is 1.82. The number of rotatable bonds is 6. The number of hydrazine groups is 1. The predicted molar refractivity (Wildman–Crippen MR) is 128 cm³/mol. The number of amides is 2. The molecule has 1 aliphatic heterocycles. The third-order valence-electron chi connectivity index (χ3n) is 5.23. The molecule has 0 atom stereocenters. The van der Waals surface area contributed by atoms with Crippen LogP contribution in [-0.4, -0.2) is 52.0 Å². The van der Waals surface area contributed by atoms with Gasteiger partial charge in [0.25, 0.3) is 5.91 Å². The van der Waals surface area contributed by atoms with Crippen molar-refractivity contribution in [2.24, 2.45) is 16.8 Å². The topological polar surface area (TPSA) is 148 Å². The molecule has 1 aliphatic rings. The minimum absolute atomic E-state index is 0.0598. The number of hydrogen-bond donors (Lipinski definition) is 3. The van der Waals surface area contributed by atoms with Crippen LogP contribution in [0.3, 0.4) is 0 Å². The SMILES string of the molecule is COc1cc2c(cc1C(=O)Nc1cccc(/C(=N/N)N(N)C(C)C)n1)CN(C(=O)OC(C)C)C2. The normalized spacial score (nSPS) is 13.2. The molecule has 0 radical (unpaired) electrons. The lowest BCUT2D eigenvalue weighted by Gasteiger charge is -2.23. The third-order valence-corrected chi connectivity index (χ3v) is 5.23. The molecular formula is C23H31N7O4. The summed E-state index contributed by atoms with van der Waals surface area (Å²) in [5, 5.41) is 7.92. The van der Waals surface area contributed by atoms with Gasteiger partial charge in [-0.05, 0) is 63.1 Å². The van der Waals surface area contributed by atoms with E-state index >= 15 is 0 Å². The Morgan fingerprint density at radius 2 is 1.85 bits per heavy atom. The number of ether oxygens (including phenoxy) is 2. The number of benzene rings is 1. The maximum Gasteiger partial charge on any atom is 0.410 e. The van der Waals surface area contributed by atoms with Crippen molar-refractivity contribution < 1.29 is 19.1 Å². The quantitative estimate of drug-likeness (QED) is 0.253. The first-order valence-electron chi connectivity index (χ1n) is 10.9. The molecule has 5 N–H and O–H groups in total. The lowest BCUT2D eigenvalue weighted by atomic mass is 10.0. The van der Waals surface area contributed by atoms with Crippen LogP contribution >= 0.6 is 0 Å². The largest absolute Gasteiger partial charge is 0.496 e. The van der Waals surface area contributed by atoms with Crippen molar-refractivity contribution in [1.29, 1.82) is 0 Å². The molecule has 11 nitrogen and oxygen atoms in total. The van der Waals surface area contributed by atoms with Gasteiger partial charge in [0.15, 0.2) is 5.84 Å². The third kappa shape index (κ3) is 5.37. The Hall–Kier alpha value is -3.86. The number of carbonyl (C=O) groups excluding carboxylic acids is 2. The first-order chi connectivity index (χ1) is 16.1. The van der Waals surface area contributed by atoms with Crippen LogP contribution in [0.1, 0.15) is 54.9 Å². The molecular weight excluding hydrogens is 438 g/mol. The number of anilines is 1. The summed E-state index contributed by atoms with van der Waals surface area (Å²) in [6.07, 6.45) is -0.614. The van der Waals surface area contributed by atoms with E-state index in [0.717, 1.165) is 11.1 Å². The van der Waals surface area contributed by atoms with Crippen molar-refractivity contribution in [1.82, 2.24) is 14.9 Å². The molecule has 2 heterocycles. The van der Waals surface area contributed by atoms with Gasteiger partial charge in [-0.15, -0.1) is 0 Å². The minimum Gasteiger partial charge on any atom is -0.496 e. The second-order valence-electron chi connectivity index (χ2n) is 8.43. The molecule has 0 spiro atoms. The molecule has 3 rings (SSSR count). The molecule has 1 aromatic heterocycles. The van der Waals surface area contributed by atoms with E-state index in [-0.39, 0.29) is 18.0 Å². The second-order valence-corrected chi connectivity index (χ2v) is 8.43. The van der Waals surface area contributed by atoms with Gasteiger partial charge < -0.3 is 20.6 Å². The first kappa shape index (κ1) is 24.8. The number of aromatic nitrogens is 1. The second kappa shape index (κ2) is 10.4. The fourth-order valence-electron chi connectivity index (χ4n) is 3.50. The Bertz CT molecular complexity index is 1100. The molecule has 2 aromatic rings. The molecule has 34 heavy (non-hydrogen) atoms. The Morgan fingerprint density at radius 1 is 1.18 bits per heavy atom. The number of fused-ring (bicyclic) bond motifs is 1. The van der Waals surface area contributed by atoms with Crippen molar-refractivity contribution in [3.63, 3.8) is 0 Å². The molecule has 0 fully saturated rings. The maximum absolute atomic E-state index is 13.1. The summed E-state index contributed by atoms with van der Waals surface area (Å²) in [7, 11) is 1.49. The molecule has 1 aromatic carbocycles. The smallest absolute Gasteiger partial charge is 0.410 e. The number of carbonyl (C=O) groups is 2. The number of hydrazone groups is 1. The molecule has 0 bridgehead atoms. The summed E-state index contributed by atoms with van der Waals surface area (Å²) in [5.74, 6) is 12.1. The lowest BCUT2D eigenvalue weighted by Crippen LogP contribution is -2.44. The van der Waals surface area contributed by atoms with Crippen LogP contribution in [0, 0.1) is 0 Å². The number of pyridine rings is 1. The fourth-order valence-corrected chi connectivity index (χ4v) is 3.50. The van der Waals surface area contributed by atoms with Crippen LogP contribution in [0.25, 0.3) is 0 Å². The van der Waals surface area contributed by atoms with Gasteiger partial charge in [-0.25, -0.2) is 15.6 Å². The van der Waals surface area contributed by atoms with Gasteiger partial charge in [-0.1, -0.05) is 6.07 Å². The molecule has 182 valence electrons. The molecule has 0 saturated carbocycles. The summed E-state index contributed by atoms with van der Waals surface area (Å²) in [6.45, 7) is 8.10. The summed E-state index contributed by atoms with van der Waals surface area (Å²) in [4.78, 5) is 31.4. The van der Waals surface area contributed by atoms with Gasteiger partial charge >= 0.3 is 6.09 Å². The number of nitrogens with two attached hydrogens (primary N) is 2. The summed E-state index contributed by atoms with van der Waals surface area (Å²) in [5.41, 5.74) is 2.48. The summed E-state index contributed by atoms with van der Waals surface area (Å²) < 4.78 is 10.7. The predicted octanol–water partition coefficient (Wildman–Crippen LogP) is 2.41. The zero-order valence-electron chi connectivity index (χ0n) is 20.0. The zero-order valence-corrected chi connectivity index (χ0v) is 20.0. The van der Waals surface area contributed by atoms with Gasteiger partial charge in [0.2, 0.25) is 0 Å². The van der Waals surface area contributed by atoms with Gasteiger partial charge in [0, 0.05) is 19.1 Å². The Labute approximate surface area is 198 Å². The summed E-state index contributed by atoms with van der Waals surface area (Å²) in [6, 6.07) is 8.50. The molecule has 0 aliphatic carbocycles. The van der Waals surface area contributed by atoms with E-state index in [0.29, 0.717) is 35.9 Å². The highest BCUT2D eigenvalue weighted by atomic mass is 16.6. The monoisotopic (exact) mass is 469 g/mol. The van der Waals surface area contributed by atoms with Crippen LogP contribution in [-0.2, 0) is 17.8 Å². The van der Waals surface area contributed by atoms with Gasteiger partial charge in [0.1, 0.15) is 17.3 Å². The average Bonchev–Trinajstić information content (AvgIpc) is 3.21. The van der Waals surface area contributed by atoms with E-state index in [1.54, 1.807) is 49.1 Å². The highest BCUT2D eigenvalue weighted by molar-refractivity contribution is 6.06. The summed E-state index contributed by atoms with van der Waals surface area (Å²) >= 11 is 0. The van der Waals surface area contributed by atoms with Crippen LogP contribution < -0.4 is 21.7 Å². The standard InChI is InChI=1S/C23H31N7O4/c1-13(2)30(25)21(28-24)18-7-6-8-20(26-18)27-22(31)17-9-15-11-29(23(32)34-14(3)4)12-16(15)10-19(17)33-5/h6-10,13-14H,11-12,24-25H2,1-5H3,(H,26,27,31)/b28-21-. The van der Waals surface area contributed by atoms with Crippen LogP contribution in [0.2, 0.25) is 0 Å². The zero-order chi connectivity index (χ0) is 25.0. The highest BCUT2D eigenvalue weighted by Gasteiger charge is 2.28. The van der Waals surface area contributed by atoms with Crippen molar-refractivity contribution in [3.8, 4) is 5.75 Å². The first-order valence-corrected chi connectivity index (χ1v) is 10.9. The van der Waals surface area contributed by atoms with Crippen molar-refractivity contribution >= 4 is 23.7 Å².